The number of halogens is 3. The van der Waals surface area contributed by atoms with E-state index in [9.17, 15) is 18.0 Å². The van der Waals surface area contributed by atoms with Gasteiger partial charge in [-0.2, -0.15) is 0 Å². The molecule has 0 saturated heterocycles. The second-order valence-corrected chi connectivity index (χ2v) is 4.38. The molecule has 0 bridgehead atoms. The lowest BCUT2D eigenvalue weighted by atomic mass is 10.1. The summed E-state index contributed by atoms with van der Waals surface area (Å²) in [6, 6.07) is 6.94. The smallest absolute Gasteiger partial charge is 0.251 e. The molecular formula is C15H12F3NO. The van der Waals surface area contributed by atoms with Gasteiger partial charge in [0.15, 0.2) is 0 Å². The standard InChI is InChI=1S/C15H12F3NO/c1-9-6-10(2-4-13(9)17)15(20)19-8-11-7-12(16)3-5-14(11)18/h2-7H,8H2,1H3,(H,19,20). The predicted octanol–water partition coefficient (Wildman–Crippen LogP) is 3.34. The van der Waals surface area contributed by atoms with Gasteiger partial charge in [0.2, 0.25) is 0 Å². The van der Waals surface area contributed by atoms with Gasteiger partial charge in [-0.05, 0) is 48.9 Å². The van der Waals surface area contributed by atoms with Crippen LogP contribution in [0, 0.1) is 24.4 Å². The van der Waals surface area contributed by atoms with E-state index in [0.717, 1.165) is 18.2 Å². The molecule has 0 atom stereocenters. The molecule has 1 N–H and O–H groups in total. The molecule has 0 aromatic heterocycles. The zero-order valence-corrected chi connectivity index (χ0v) is 10.7. The Morgan fingerprint density at radius 1 is 1.05 bits per heavy atom. The van der Waals surface area contributed by atoms with Crippen LogP contribution in [0.3, 0.4) is 0 Å². The van der Waals surface area contributed by atoms with Crippen molar-refractivity contribution >= 4 is 5.91 Å². The van der Waals surface area contributed by atoms with Crippen molar-refractivity contribution in [3.05, 3.63) is 70.5 Å². The molecule has 0 aliphatic carbocycles. The molecule has 0 radical (unpaired) electrons. The van der Waals surface area contributed by atoms with E-state index in [4.69, 9.17) is 0 Å². The molecule has 0 aliphatic heterocycles. The Bertz CT molecular complexity index is 656. The van der Waals surface area contributed by atoms with Gasteiger partial charge >= 0.3 is 0 Å². The van der Waals surface area contributed by atoms with Crippen LogP contribution in [0.4, 0.5) is 13.2 Å². The molecule has 5 heteroatoms. The highest BCUT2D eigenvalue weighted by Crippen LogP contribution is 2.11. The third kappa shape index (κ3) is 3.17. The number of hydrogen-bond acceptors (Lipinski definition) is 1. The van der Waals surface area contributed by atoms with E-state index >= 15 is 0 Å². The molecule has 1 amide bonds. The number of nitrogens with one attached hydrogen (secondary N) is 1. The second-order valence-electron chi connectivity index (χ2n) is 4.38. The summed E-state index contributed by atoms with van der Waals surface area (Å²) < 4.78 is 39.4. The van der Waals surface area contributed by atoms with Crippen LogP contribution in [-0.4, -0.2) is 5.91 Å². The molecule has 104 valence electrons. The van der Waals surface area contributed by atoms with E-state index in [1.807, 2.05) is 0 Å². The molecule has 0 saturated carbocycles. The van der Waals surface area contributed by atoms with Gasteiger partial charge in [0.05, 0.1) is 0 Å². The average Bonchev–Trinajstić information content (AvgIpc) is 2.42. The first-order chi connectivity index (χ1) is 9.47. The fourth-order valence-corrected chi connectivity index (χ4v) is 1.74. The van der Waals surface area contributed by atoms with Gasteiger partial charge in [0.1, 0.15) is 17.5 Å². The number of hydrogen-bond donors (Lipinski definition) is 1. The largest absolute Gasteiger partial charge is 0.348 e. The van der Waals surface area contributed by atoms with Gasteiger partial charge in [-0.25, -0.2) is 13.2 Å². The minimum Gasteiger partial charge on any atom is -0.348 e. The molecule has 0 fully saturated rings. The average molecular weight is 279 g/mol. The first-order valence-corrected chi connectivity index (χ1v) is 5.95. The molecule has 0 heterocycles. The molecule has 2 rings (SSSR count). The van der Waals surface area contributed by atoms with Gasteiger partial charge in [-0.3, -0.25) is 4.79 Å². The summed E-state index contributed by atoms with van der Waals surface area (Å²) in [5, 5.41) is 2.46. The van der Waals surface area contributed by atoms with Crippen molar-refractivity contribution in [1.82, 2.24) is 5.32 Å². The Morgan fingerprint density at radius 3 is 2.45 bits per heavy atom. The molecule has 2 aromatic rings. The van der Waals surface area contributed by atoms with Gasteiger partial charge in [-0.1, -0.05) is 0 Å². The van der Waals surface area contributed by atoms with Crippen molar-refractivity contribution < 1.29 is 18.0 Å². The minimum atomic E-state index is -0.595. The first-order valence-electron chi connectivity index (χ1n) is 5.95. The van der Waals surface area contributed by atoms with Gasteiger partial charge < -0.3 is 5.32 Å². The molecule has 20 heavy (non-hydrogen) atoms. The van der Waals surface area contributed by atoms with Crippen molar-refractivity contribution in [3.63, 3.8) is 0 Å². The Kier molecular flexibility index (Phi) is 4.08. The van der Waals surface area contributed by atoms with Gasteiger partial charge in [0, 0.05) is 17.7 Å². The van der Waals surface area contributed by atoms with Crippen LogP contribution < -0.4 is 5.32 Å². The molecule has 2 nitrogen and oxygen atoms in total. The SMILES string of the molecule is Cc1cc(C(=O)NCc2cc(F)ccc2F)ccc1F. The van der Waals surface area contributed by atoms with Crippen molar-refractivity contribution in [2.24, 2.45) is 0 Å². The van der Waals surface area contributed by atoms with E-state index < -0.39 is 23.4 Å². The normalized spacial score (nSPS) is 10.4. The molecular weight excluding hydrogens is 267 g/mol. The number of benzene rings is 2. The number of rotatable bonds is 3. The third-order valence-corrected chi connectivity index (χ3v) is 2.87. The summed E-state index contributed by atoms with van der Waals surface area (Å²) in [6.45, 7) is 1.40. The van der Waals surface area contributed by atoms with E-state index in [2.05, 4.69) is 5.32 Å². The fraction of sp³-hybridized carbons (Fsp3) is 0.133. The quantitative estimate of drug-likeness (QED) is 0.917. The zero-order chi connectivity index (χ0) is 14.7. The highest BCUT2D eigenvalue weighted by atomic mass is 19.1. The van der Waals surface area contributed by atoms with E-state index in [-0.39, 0.29) is 17.7 Å². The summed E-state index contributed by atoms with van der Waals surface area (Å²) in [6.07, 6.45) is 0. The third-order valence-electron chi connectivity index (χ3n) is 2.87. The summed E-state index contributed by atoms with van der Waals surface area (Å²) in [7, 11) is 0. The molecule has 0 spiro atoms. The topological polar surface area (TPSA) is 29.1 Å². The number of aryl methyl sites for hydroxylation is 1. The number of carbonyl (C=O) groups is 1. The highest BCUT2D eigenvalue weighted by Gasteiger charge is 2.09. The maximum atomic E-state index is 13.4. The lowest BCUT2D eigenvalue weighted by Crippen LogP contribution is -2.23. The first kappa shape index (κ1) is 14.1. The molecule has 2 aromatic carbocycles. The fourth-order valence-electron chi connectivity index (χ4n) is 1.74. The number of carbonyl (C=O) groups excluding carboxylic acids is 1. The van der Waals surface area contributed by atoms with Crippen molar-refractivity contribution in [1.29, 1.82) is 0 Å². The Balaban J connectivity index is 2.08. The summed E-state index contributed by atoms with van der Waals surface area (Å²) in [5.74, 6) is -2.05. The second kappa shape index (κ2) is 5.77. The van der Waals surface area contributed by atoms with Crippen LogP contribution in [0.25, 0.3) is 0 Å². The van der Waals surface area contributed by atoms with Crippen molar-refractivity contribution in [2.75, 3.05) is 0 Å². The highest BCUT2D eigenvalue weighted by molar-refractivity contribution is 5.94. The predicted molar refractivity (Wildman–Crippen MR) is 68.7 cm³/mol. The van der Waals surface area contributed by atoms with Crippen molar-refractivity contribution in [3.8, 4) is 0 Å². The monoisotopic (exact) mass is 279 g/mol. The number of amides is 1. The summed E-state index contributed by atoms with van der Waals surface area (Å²) >= 11 is 0. The van der Waals surface area contributed by atoms with E-state index in [1.165, 1.54) is 18.2 Å². The molecule has 0 aliphatic rings. The lowest BCUT2D eigenvalue weighted by molar-refractivity contribution is 0.0950. The van der Waals surface area contributed by atoms with Crippen LogP contribution in [-0.2, 0) is 6.54 Å². The Morgan fingerprint density at radius 2 is 1.75 bits per heavy atom. The Hall–Kier alpha value is -2.30. The summed E-state index contributed by atoms with van der Waals surface area (Å²) in [5.41, 5.74) is 0.660. The Labute approximate surface area is 114 Å². The maximum Gasteiger partial charge on any atom is 0.251 e. The van der Waals surface area contributed by atoms with Crippen LogP contribution in [0.2, 0.25) is 0 Å². The zero-order valence-electron chi connectivity index (χ0n) is 10.7. The van der Waals surface area contributed by atoms with Crippen LogP contribution in [0.15, 0.2) is 36.4 Å². The van der Waals surface area contributed by atoms with Gasteiger partial charge in [-0.15, -0.1) is 0 Å². The van der Waals surface area contributed by atoms with Crippen LogP contribution in [0.1, 0.15) is 21.5 Å². The van der Waals surface area contributed by atoms with E-state index in [0.29, 0.717) is 5.56 Å². The van der Waals surface area contributed by atoms with Crippen LogP contribution >= 0.6 is 0 Å². The maximum absolute atomic E-state index is 13.4. The lowest BCUT2D eigenvalue weighted by Gasteiger charge is -2.07. The van der Waals surface area contributed by atoms with Crippen molar-refractivity contribution in [2.45, 2.75) is 13.5 Å². The summed E-state index contributed by atoms with van der Waals surface area (Å²) in [4.78, 5) is 11.8. The van der Waals surface area contributed by atoms with Crippen LogP contribution in [0.5, 0.6) is 0 Å². The van der Waals surface area contributed by atoms with E-state index in [1.54, 1.807) is 6.92 Å². The molecule has 0 unspecified atom stereocenters. The minimum absolute atomic E-state index is 0.0529. The van der Waals surface area contributed by atoms with Gasteiger partial charge in [0.25, 0.3) is 5.91 Å².